The molecule has 2 nitrogen and oxygen atoms in total. The molecule has 1 aromatic heterocycles. The summed E-state index contributed by atoms with van der Waals surface area (Å²) in [4.78, 5) is 1.42. The van der Waals surface area contributed by atoms with E-state index in [4.69, 9.17) is 4.74 Å². The summed E-state index contributed by atoms with van der Waals surface area (Å²) >= 11 is 1.82. The highest BCUT2D eigenvalue weighted by atomic mass is 32.1. The van der Waals surface area contributed by atoms with Crippen molar-refractivity contribution in [2.24, 2.45) is 0 Å². The maximum Gasteiger partial charge on any atom is 0.123 e. The van der Waals surface area contributed by atoms with Crippen molar-refractivity contribution in [1.29, 1.82) is 0 Å². The van der Waals surface area contributed by atoms with Gasteiger partial charge in [0.05, 0.1) is 7.11 Å². The van der Waals surface area contributed by atoms with Gasteiger partial charge in [0, 0.05) is 28.4 Å². The van der Waals surface area contributed by atoms with Crippen LogP contribution in [0.15, 0.2) is 35.7 Å². The highest BCUT2D eigenvalue weighted by molar-refractivity contribution is 7.10. The normalized spacial score (nSPS) is 13.2. The molecule has 1 atom stereocenters. The Morgan fingerprint density at radius 2 is 2.05 bits per heavy atom. The van der Waals surface area contributed by atoms with Gasteiger partial charge in [0.15, 0.2) is 0 Å². The molecular weight excluding hydrogens is 278 g/mol. The molecule has 0 aliphatic rings. The summed E-state index contributed by atoms with van der Waals surface area (Å²) in [6.45, 7) is 9.82. The Morgan fingerprint density at radius 3 is 2.67 bits per heavy atom. The van der Waals surface area contributed by atoms with Gasteiger partial charge in [-0.3, -0.25) is 0 Å². The molecule has 0 bridgehead atoms. The Bertz CT molecular complexity index is 575. The van der Waals surface area contributed by atoms with E-state index in [1.54, 1.807) is 7.11 Å². The first-order valence-electron chi connectivity index (χ1n) is 7.36. The fourth-order valence-corrected chi connectivity index (χ4v) is 3.31. The number of ether oxygens (including phenoxy) is 1. The molecular formula is C18H25NOS. The number of rotatable bonds is 6. The van der Waals surface area contributed by atoms with Crippen LogP contribution in [0.25, 0.3) is 0 Å². The molecule has 114 valence electrons. The lowest BCUT2D eigenvalue weighted by atomic mass is 9.91. The fourth-order valence-electron chi connectivity index (χ4n) is 2.46. The second-order valence-corrected chi connectivity index (χ2v) is 7.16. The van der Waals surface area contributed by atoms with E-state index in [2.05, 4.69) is 62.7 Å². The van der Waals surface area contributed by atoms with Crippen LogP contribution in [0.1, 0.15) is 42.8 Å². The lowest BCUT2D eigenvalue weighted by Crippen LogP contribution is -2.34. The van der Waals surface area contributed by atoms with Gasteiger partial charge in [0.1, 0.15) is 5.75 Å². The maximum absolute atomic E-state index is 5.49. The van der Waals surface area contributed by atoms with Gasteiger partial charge in [-0.25, -0.2) is 0 Å². The third-order valence-corrected chi connectivity index (χ3v) is 5.13. The fraction of sp³-hybridized carbons (Fsp3) is 0.444. The molecule has 3 heteroatoms. The molecule has 0 amide bonds. The molecule has 1 heterocycles. The number of thiophene rings is 1. The van der Waals surface area contributed by atoms with Crippen molar-refractivity contribution in [3.05, 3.63) is 51.7 Å². The molecule has 0 radical (unpaired) electrons. The smallest absolute Gasteiger partial charge is 0.123 e. The molecule has 1 unspecified atom stereocenters. The first kappa shape index (κ1) is 16.1. The first-order chi connectivity index (χ1) is 9.94. The van der Waals surface area contributed by atoms with Crippen molar-refractivity contribution in [2.45, 2.75) is 39.2 Å². The lowest BCUT2D eigenvalue weighted by molar-refractivity contribution is 0.392. The quantitative estimate of drug-likeness (QED) is 0.835. The monoisotopic (exact) mass is 303 g/mol. The third kappa shape index (κ3) is 3.86. The first-order valence-corrected chi connectivity index (χ1v) is 8.24. The van der Waals surface area contributed by atoms with E-state index in [1.165, 1.54) is 16.0 Å². The molecule has 0 aliphatic heterocycles. The van der Waals surface area contributed by atoms with Crippen LogP contribution >= 0.6 is 11.3 Å². The van der Waals surface area contributed by atoms with Crippen molar-refractivity contribution in [1.82, 2.24) is 5.32 Å². The van der Waals surface area contributed by atoms with Gasteiger partial charge in [0.25, 0.3) is 0 Å². The van der Waals surface area contributed by atoms with E-state index in [-0.39, 0.29) is 11.5 Å². The van der Waals surface area contributed by atoms with Crippen molar-refractivity contribution >= 4 is 11.3 Å². The van der Waals surface area contributed by atoms with Crippen LogP contribution in [0.5, 0.6) is 5.75 Å². The van der Waals surface area contributed by atoms with Crippen LogP contribution in [0.4, 0.5) is 0 Å². The van der Waals surface area contributed by atoms with Crippen molar-refractivity contribution in [3.8, 4) is 5.75 Å². The summed E-state index contributed by atoms with van der Waals surface area (Å²) in [5.74, 6) is 0.953. The van der Waals surface area contributed by atoms with E-state index in [9.17, 15) is 0 Å². The molecule has 0 saturated carbocycles. The van der Waals surface area contributed by atoms with Crippen molar-refractivity contribution < 1.29 is 4.74 Å². The predicted octanol–water partition coefficient (Wildman–Crippen LogP) is 4.69. The van der Waals surface area contributed by atoms with Gasteiger partial charge in [-0.05, 0) is 31.4 Å². The Kier molecular flexibility index (Phi) is 5.07. The number of aryl methyl sites for hydroxylation is 1. The minimum Gasteiger partial charge on any atom is -0.496 e. The Balaban J connectivity index is 2.08. The van der Waals surface area contributed by atoms with Crippen LogP contribution < -0.4 is 10.1 Å². The van der Waals surface area contributed by atoms with Gasteiger partial charge in [0.2, 0.25) is 0 Å². The molecule has 0 saturated heterocycles. The lowest BCUT2D eigenvalue weighted by Gasteiger charge is -2.27. The van der Waals surface area contributed by atoms with Crippen molar-refractivity contribution in [2.75, 3.05) is 13.7 Å². The van der Waals surface area contributed by atoms with Gasteiger partial charge in [-0.1, -0.05) is 37.6 Å². The number of methoxy groups -OCH3 is 1. The van der Waals surface area contributed by atoms with E-state index < -0.39 is 0 Å². The van der Waals surface area contributed by atoms with Gasteiger partial charge in [-0.15, -0.1) is 11.3 Å². The molecule has 0 spiro atoms. The largest absolute Gasteiger partial charge is 0.496 e. The zero-order valence-electron chi connectivity index (χ0n) is 13.6. The minimum absolute atomic E-state index is 0.138. The second-order valence-electron chi connectivity index (χ2n) is 6.21. The van der Waals surface area contributed by atoms with E-state index in [0.717, 1.165) is 12.3 Å². The molecule has 1 aromatic carbocycles. The average molecular weight is 303 g/mol. The minimum atomic E-state index is 0.138. The number of nitrogens with one attached hydrogen (secondary N) is 1. The average Bonchev–Trinajstić information content (AvgIpc) is 3.00. The number of hydrogen-bond donors (Lipinski definition) is 1. The summed E-state index contributed by atoms with van der Waals surface area (Å²) in [5, 5.41) is 5.80. The highest BCUT2D eigenvalue weighted by Crippen LogP contribution is 2.29. The maximum atomic E-state index is 5.49. The molecule has 0 fully saturated rings. The van der Waals surface area contributed by atoms with Gasteiger partial charge < -0.3 is 10.1 Å². The van der Waals surface area contributed by atoms with Crippen LogP contribution in [0.2, 0.25) is 0 Å². The Hall–Kier alpha value is -1.32. The van der Waals surface area contributed by atoms with Crippen LogP contribution in [-0.2, 0) is 5.41 Å². The zero-order chi connectivity index (χ0) is 15.5. The van der Waals surface area contributed by atoms with Crippen molar-refractivity contribution in [3.63, 3.8) is 0 Å². The van der Waals surface area contributed by atoms with Crippen LogP contribution in [0.3, 0.4) is 0 Å². The third-order valence-electron chi connectivity index (χ3n) is 3.89. The Labute approximate surface area is 132 Å². The second kappa shape index (κ2) is 6.63. The standard InChI is InChI=1S/C18H25NOS/c1-13-8-9-16(20-5)15(11-13)14(2)19-12-18(3,4)17-7-6-10-21-17/h6-11,14,19H,12H2,1-5H3. The highest BCUT2D eigenvalue weighted by Gasteiger charge is 2.23. The topological polar surface area (TPSA) is 21.3 Å². The van der Waals surface area contributed by atoms with Crippen LogP contribution in [-0.4, -0.2) is 13.7 Å². The molecule has 0 aliphatic carbocycles. The summed E-state index contributed by atoms with van der Waals surface area (Å²) < 4.78 is 5.49. The van der Waals surface area contributed by atoms with E-state index in [0.29, 0.717) is 0 Å². The SMILES string of the molecule is COc1ccc(C)cc1C(C)NCC(C)(C)c1cccs1. The van der Waals surface area contributed by atoms with Gasteiger partial charge in [-0.2, -0.15) is 0 Å². The molecule has 2 aromatic rings. The summed E-state index contributed by atoms with van der Waals surface area (Å²) in [7, 11) is 1.73. The summed E-state index contributed by atoms with van der Waals surface area (Å²) in [6, 6.07) is 10.9. The van der Waals surface area contributed by atoms with Crippen LogP contribution in [0, 0.1) is 6.92 Å². The summed E-state index contributed by atoms with van der Waals surface area (Å²) in [5.41, 5.74) is 2.62. The summed E-state index contributed by atoms with van der Waals surface area (Å²) in [6.07, 6.45) is 0. The number of hydrogen-bond acceptors (Lipinski definition) is 3. The molecule has 1 N–H and O–H groups in total. The number of benzene rings is 1. The van der Waals surface area contributed by atoms with Gasteiger partial charge >= 0.3 is 0 Å². The zero-order valence-corrected chi connectivity index (χ0v) is 14.4. The molecule has 2 rings (SSSR count). The Morgan fingerprint density at radius 1 is 1.29 bits per heavy atom. The van der Waals surface area contributed by atoms with E-state index >= 15 is 0 Å². The molecule has 21 heavy (non-hydrogen) atoms. The predicted molar refractivity (Wildman–Crippen MR) is 91.5 cm³/mol. The van der Waals surface area contributed by atoms with E-state index in [1.807, 2.05) is 17.4 Å².